The van der Waals surface area contributed by atoms with Gasteiger partial charge in [0.05, 0.1) is 0 Å². The van der Waals surface area contributed by atoms with Gasteiger partial charge in [-0.1, -0.05) is 53.9 Å². The Bertz CT molecular complexity index is 120. The Labute approximate surface area is 91.5 Å². The highest BCUT2D eigenvalue weighted by atomic mass is 14.5. The van der Waals surface area contributed by atoms with Crippen LogP contribution < -0.4 is 0 Å². The second-order valence-corrected chi connectivity index (χ2v) is 4.36. The predicted molar refractivity (Wildman–Crippen MR) is 66.6 cm³/mol. The molecule has 86 valence electrons. The molecular weight excluding hydrogens is 168 g/mol. The zero-order valence-corrected chi connectivity index (χ0v) is 11.0. The minimum absolute atomic E-state index is 0.859. The average molecular weight is 198 g/mol. The van der Waals surface area contributed by atoms with E-state index in [4.69, 9.17) is 0 Å². The lowest BCUT2D eigenvalue weighted by Crippen LogP contribution is -2.39. The maximum atomic E-state index is 2.45. The zero-order chi connectivity index (χ0) is 11.0. The van der Waals surface area contributed by atoms with Crippen LogP contribution in [0.3, 0.4) is 0 Å². The van der Waals surface area contributed by atoms with E-state index in [0.717, 1.165) is 11.3 Å². The van der Waals surface area contributed by atoms with Crippen molar-refractivity contribution in [2.24, 2.45) is 11.3 Å². The molecule has 0 aromatic heterocycles. The van der Waals surface area contributed by atoms with Gasteiger partial charge in [-0.15, -0.1) is 0 Å². The molecule has 0 nitrogen and oxygen atoms in total. The Hall–Kier alpha value is 0. The van der Waals surface area contributed by atoms with Crippen LogP contribution in [-0.2, 0) is 0 Å². The molecular formula is C14H30. The fourth-order valence-electron chi connectivity index (χ4n) is 2.84. The second-order valence-electron chi connectivity index (χ2n) is 4.36. The van der Waals surface area contributed by atoms with Gasteiger partial charge in [-0.25, -0.2) is 0 Å². The largest absolute Gasteiger partial charge is 0.0683 e. The van der Waals surface area contributed by atoms with Gasteiger partial charge in [0.1, 0.15) is 0 Å². The van der Waals surface area contributed by atoms with Crippen LogP contribution in [0.2, 0.25) is 0 Å². The lowest BCUT2D eigenvalue weighted by atomic mass is 9.55. The van der Waals surface area contributed by atoms with Crippen LogP contribution in [0.5, 0.6) is 0 Å². The molecule has 0 N–H and O–H groups in total. The highest BCUT2D eigenvalue weighted by Crippen LogP contribution is 2.55. The SMILES string of the molecule is CC.CC.CC1CCC12CCCCC2. The van der Waals surface area contributed by atoms with E-state index in [1.165, 1.54) is 25.7 Å². The van der Waals surface area contributed by atoms with Crippen LogP contribution in [0.25, 0.3) is 0 Å². The van der Waals surface area contributed by atoms with Gasteiger partial charge in [0.15, 0.2) is 0 Å². The maximum Gasteiger partial charge on any atom is -0.0272 e. The molecule has 0 saturated heterocycles. The number of rotatable bonds is 0. The topological polar surface area (TPSA) is 0 Å². The third-order valence-electron chi connectivity index (χ3n) is 3.97. The molecule has 1 atom stereocenters. The van der Waals surface area contributed by atoms with Crippen molar-refractivity contribution in [3.05, 3.63) is 0 Å². The van der Waals surface area contributed by atoms with Crippen molar-refractivity contribution in [2.75, 3.05) is 0 Å². The summed E-state index contributed by atoms with van der Waals surface area (Å²) < 4.78 is 0. The Morgan fingerprint density at radius 3 is 1.50 bits per heavy atom. The van der Waals surface area contributed by atoms with E-state index < -0.39 is 0 Å². The average Bonchev–Trinajstić information content (AvgIpc) is 2.33. The molecule has 1 spiro atoms. The van der Waals surface area contributed by atoms with Gasteiger partial charge in [0.25, 0.3) is 0 Å². The van der Waals surface area contributed by atoms with Crippen LogP contribution in [-0.4, -0.2) is 0 Å². The molecule has 2 aliphatic rings. The molecule has 2 fully saturated rings. The van der Waals surface area contributed by atoms with Crippen molar-refractivity contribution in [1.82, 2.24) is 0 Å². The third kappa shape index (κ3) is 3.00. The van der Waals surface area contributed by atoms with Crippen LogP contribution in [0, 0.1) is 11.3 Å². The van der Waals surface area contributed by atoms with E-state index in [2.05, 4.69) is 6.92 Å². The highest BCUT2D eigenvalue weighted by Gasteiger charge is 2.43. The van der Waals surface area contributed by atoms with Crippen LogP contribution in [0.4, 0.5) is 0 Å². The van der Waals surface area contributed by atoms with Crippen molar-refractivity contribution < 1.29 is 0 Å². The monoisotopic (exact) mass is 198 g/mol. The molecule has 0 aromatic carbocycles. The van der Waals surface area contributed by atoms with Crippen LogP contribution in [0.15, 0.2) is 0 Å². The maximum absolute atomic E-state index is 2.45. The molecule has 2 rings (SSSR count). The van der Waals surface area contributed by atoms with Gasteiger partial charge < -0.3 is 0 Å². The zero-order valence-electron chi connectivity index (χ0n) is 11.0. The first kappa shape index (κ1) is 14.0. The summed E-state index contributed by atoms with van der Waals surface area (Å²) in [4.78, 5) is 0. The molecule has 0 heterocycles. The first-order chi connectivity index (χ1) is 6.83. The minimum atomic E-state index is 0.859. The van der Waals surface area contributed by atoms with E-state index in [0.29, 0.717) is 0 Å². The quantitative estimate of drug-likeness (QED) is 0.487. The molecule has 0 radical (unpaired) electrons. The van der Waals surface area contributed by atoms with E-state index in [1.807, 2.05) is 27.7 Å². The molecule has 2 aliphatic carbocycles. The fraction of sp³-hybridized carbons (Fsp3) is 1.00. The van der Waals surface area contributed by atoms with E-state index in [-0.39, 0.29) is 0 Å². The molecule has 0 bridgehead atoms. The predicted octanol–water partition coefficient (Wildman–Crippen LogP) is 5.42. The van der Waals surface area contributed by atoms with E-state index in [1.54, 1.807) is 19.3 Å². The molecule has 2 saturated carbocycles. The van der Waals surface area contributed by atoms with E-state index in [9.17, 15) is 0 Å². The molecule has 0 aliphatic heterocycles. The Balaban J connectivity index is 0.000000379. The Kier molecular flexibility index (Phi) is 7.31. The summed E-state index contributed by atoms with van der Waals surface area (Å²) >= 11 is 0. The first-order valence-corrected chi connectivity index (χ1v) is 6.83. The van der Waals surface area contributed by atoms with Crippen molar-refractivity contribution in [1.29, 1.82) is 0 Å². The Morgan fingerprint density at radius 2 is 1.29 bits per heavy atom. The van der Waals surface area contributed by atoms with Gasteiger partial charge >= 0.3 is 0 Å². The lowest BCUT2D eigenvalue weighted by Gasteiger charge is -2.51. The molecule has 1 unspecified atom stereocenters. The van der Waals surface area contributed by atoms with Crippen LogP contribution >= 0.6 is 0 Å². The first-order valence-electron chi connectivity index (χ1n) is 6.83. The van der Waals surface area contributed by atoms with E-state index >= 15 is 0 Å². The van der Waals surface area contributed by atoms with Gasteiger partial charge in [-0.05, 0) is 37.0 Å². The molecule has 14 heavy (non-hydrogen) atoms. The van der Waals surface area contributed by atoms with Gasteiger partial charge in [-0.2, -0.15) is 0 Å². The van der Waals surface area contributed by atoms with Crippen molar-refractivity contribution in [2.45, 2.75) is 79.6 Å². The summed E-state index contributed by atoms with van der Waals surface area (Å²) in [5, 5.41) is 0. The lowest BCUT2D eigenvalue weighted by molar-refractivity contribution is 0.00308. The summed E-state index contributed by atoms with van der Waals surface area (Å²) in [5.74, 6) is 1.06. The summed E-state index contributed by atoms with van der Waals surface area (Å²) in [6, 6.07) is 0. The van der Waals surface area contributed by atoms with Gasteiger partial charge in [-0.3, -0.25) is 0 Å². The second kappa shape index (κ2) is 7.31. The number of hydrogen-bond donors (Lipinski definition) is 0. The summed E-state index contributed by atoms with van der Waals surface area (Å²) in [6.07, 6.45) is 10.7. The molecule has 0 amide bonds. The minimum Gasteiger partial charge on any atom is -0.0683 e. The highest BCUT2D eigenvalue weighted by molar-refractivity contribution is 4.94. The summed E-state index contributed by atoms with van der Waals surface area (Å²) in [5.41, 5.74) is 0.859. The van der Waals surface area contributed by atoms with Gasteiger partial charge in [0, 0.05) is 0 Å². The van der Waals surface area contributed by atoms with Crippen molar-refractivity contribution in [3.8, 4) is 0 Å². The van der Waals surface area contributed by atoms with Crippen molar-refractivity contribution in [3.63, 3.8) is 0 Å². The van der Waals surface area contributed by atoms with Gasteiger partial charge in [0.2, 0.25) is 0 Å². The smallest absolute Gasteiger partial charge is 0.0272 e. The fourth-order valence-corrected chi connectivity index (χ4v) is 2.84. The van der Waals surface area contributed by atoms with Crippen LogP contribution in [0.1, 0.15) is 79.6 Å². The number of hydrogen-bond acceptors (Lipinski definition) is 0. The standard InChI is InChI=1S/C10H18.2C2H6/c1-9-5-8-10(9)6-3-2-4-7-10;2*1-2/h9H,2-8H2,1H3;2*1-2H3. The summed E-state index contributed by atoms with van der Waals surface area (Å²) in [6.45, 7) is 10.5. The molecule has 0 aromatic rings. The Morgan fingerprint density at radius 1 is 0.786 bits per heavy atom. The third-order valence-corrected chi connectivity index (χ3v) is 3.97. The summed E-state index contributed by atoms with van der Waals surface area (Å²) in [7, 11) is 0. The normalized spacial score (nSPS) is 27.6. The molecule has 0 heteroatoms. The van der Waals surface area contributed by atoms with Crippen molar-refractivity contribution >= 4 is 0 Å².